The van der Waals surface area contributed by atoms with Gasteiger partial charge >= 0.3 is 0 Å². The Hall–Kier alpha value is -0.730. The molecule has 0 unspecified atom stereocenters. The van der Waals surface area contributed by atoms with Gasteiger partial charge in [0.1, 0.15) is 0 Å². The number of alkyl halides is 1. The molecule has 0 aliphatic carbocycles. The highest BCUT2D eigenvalue weighted by Crippen LogP contribution is 2.17. The summed E-state index contributed by atoms with van der Waals surface area (Å²) in [6.07, 6.45) is 1.79. The number of carbonyl (C=O) groups is 1. The lowest BCUT2D eigenvalue weighted by Crippen LogP contribution is -2.24. The van der Waals surface area contributed by atoms with Crippen molar-refractivity contribution < 1.29 is 4.79 Å². The van der Waals surface area contributed by atoms with Crippen molar-refractivity contribution in [3.8, 4) is 0 Å². The molecule has 0 radical (unpaired) electrons. The summed E-state index contributed by atoms with van der Waals surface area (Å²) in [6.45, 7) is 2.57. The molecule has 0 atom stereocenters. The summed E-state index contributed by atoms with van der Waals surface area (Å²) in [7, 11) is 0. The number of amides is 1. The average molecular weight is 260 g/mol. The van der Waals surface area contributed by atoms with Gasteiger partial charge in [-0.15, -0.1) is 11.6 Å². The summed E-state index contributed by atoms with van der Waals surface area (Å²) in [4.78, 5) is 11.7. The Morgan fingerprint density at radius 1 is 1.38 bits per heavy atom. The Balaban J connectivity index is 2.53. The van der Waals surface area contributed by atoms with E-state index in [2.05, 4.69) is 5.32 Å². The van der Waals surface area contributed by atoms with E-state index < -0.39 is 0 Å². The van der Waals surface area contributed by atoms with E-state index in [-0.39, 0.29) is 5.91 Å². The third-order valence-corrected chi connectivity index (χ3v) is 2.80. The molecule has 0 aliphatic heterocycles. The molecule has 0 fully saturated rings. The van der Waals surface area contributed by atoms with Crippen molar-refractivity contribution in [2.75, 3.05) is 12.4 Å². The van der Waals surface area contributed by atoms with E-state index in [9.17, 15) is 4.79 Å². The number of aryl methyl sites for hydroxylation is 1. The monoisotopic (exact) mass is 259 g/mol. The van der Waals surface area contributed by atoms with Crippen LogP contribution in [0.5, 0.6) is 0 Å². The molecule has 1 amide bonds. The van der Waals surface area contributed by atoms with Crippen LogP contribution in [-0.2, 0) is 0 Å². The van der Waals surface area contributed by atoms with Gasteiger partial charge in [-0.05, 0) is 37.5 Å². The van der Waals surface area contributed by atoms with Crippen molar-refractivity contribution in [2.45, 2.75) is 19.8 Å². The minimum atomic E-state index is -0.125. The van der Waals surface area contributed by atoms with Crippen LogP contribution in [-0.4, -0.2) is 18.3 Å². The van der Waals surface area contributed by atoms with E-state index in [4.69, 9.17) is 23.2 Å². The summed E-state index contributed by atoms with van der Waals surface area (Å²) in [6, 6.07) is 5.41. The highest BCUT2D eigenvalue weighted by atomic mass is 35.5. The number of carbonyl (C=O) groups excluding carboxylic acids is 1. The molecule has 0 saturated heterocycles. The van der Waals surface area contributed by atoms with Gasteiger partial charge in [-0.25, -0.2) is 0 Å². The smallest absolute Gasteiger partial charge is 0.252 e. The maximum atomic E-state index is 11.7. The first-order valence-electron chi connectivity index (χ1n) is 5.25. The van der Waals surface area contributed by atoms with Crippen molar-refractivity contribution >= 4 is 29.1 Å². The lowest BCUT2D eigenvalue weighted by atomic mass is 10.1. The Bertz CT molecular complexity index is 366. The van der Waals surface area contributed by atoms with E-state index in [1.807, 2.05) is 13.0 Å². The van der Waals surface area contributed by atoms with Crippen LogP contribution in [0.25, 0.3) is 0 Å². The molecule has 0 saturated carbocycles. The van der Waals surface area contributed by atoms with Crippen LogP contribution in [0, 0.1) is 6.92 Å². The van der Waals surface area contributed by atoms with Gasteiger partial charge in [0.25, 0.3) is 5.91 Å². The molecule has 88 valence electrons. The average Bonchev–Trinajstić information content (AvgIpc) is 2.24. The van der Waals surface area contributed by atoms with Crippen LogP contribution in [0.15, 0.2) is 18.2 Å². The van der Waals surface area contributed by atoms with Crippen molar-refractivity contribution in [2.24, 2.45) is 0 Å². The molecule has 0 aliphatic rings. The molecule has 0 heterocycles. The fraction of sp³-hybridized carbons (Fsp3) is 0.417. The lowest BCUT2D eigenvalue weighted by Gasteiger charge is -2.06. The van der Waals surface area contributed by atoms with Crippen molar-refractivity contribution in [1.82, 2.24) is 5.32 Å². The Kier molecular flexibility index (Phi) is 5.64. The number of hydrogen-bond acceptors (Lipinski definition) is 1. The largest absolute Gasteiger partial charge is 0.352 e. The topological polar surface area (TPSA) is 29.1 Å². The first-order chi connectivity index (χ1) is 7.65. The van der Waals surface area contributed by atoms with Crippen LogP contribution < -0.4 is 5.32 Å². The predicted octanol–water partition coefficient (Wildman–Crippen LogP) is 3.40. The third kappa shape index (κ3) is 4.03. The van der Waals surface area contributed by atoms with E-state index in [1.54, 1.807) is 12.1 Å². The standard InChI is InChI=1S/C12H15Cl2NO/c1-9-4-5-10(11(14)8-9)12(16)15-7-3-2-6-13/h4-5,8H,2-3,6-7H2,1H3,(H,15,16). The second kappa shape index (κ2) is 6.77. The summed E-state index contributed by atoms with van der Waals surface area (Å²) < 4.78 is 0. The Labute approximate surface area is 106 Å². The Morgan fingerprint density at radius 3 is 2.75 bits per heavy atom. The van der Waals surface area contributed by atoms with Gasteiger partial charge in [-0.1, -0.05) is 17.7 Å². The second-order valence-electron chi connectivity index (χ2n) is 3.64. The first kappa shape index (κ1) is 13.3. The summed E-state index contributed by atoms with van der Waals surface area (Å²) >= 11 is 11.5. The Morgan fingerprint density at radius 2 is 2.12 bits per heavy atom. The van der Waals surface area contributed by atoms with E-state index in [0.717, 1.165) is 18.4 Å². The SMILES string of the molecule is Cc1ccc(C(=O)NCCCCCl)c(Cl)c1. The lowest BCUT2D eigenvalue weighted by molar-refractivity contribution is 0.0953. The number of halogens is 2. The third-order valence-electron chi connectivity index (χ3n) is 2.22. The number of nitrogens with one attached hydrogen (secondary N) is 1. The van der Waals surface area contributed by atoms with Gasteiger partial charge < -0.3 is 5.32 Å². The van der Waals surface area contributed by atoms with Crippen LogP contribution in [0.2, 0.25) is 5.02 Å². The predicted molar refractivity (Wildman–Crippen MR) is 68.5 cm³/mol. The van der Waals surface area contributed by atoms with E-state index >= 15 is 0 Å². The molecule has 16 heavy (non-hydrogen) atoms. The van der Waals surface area contributed by atoms with Crippen LogP contribution >= 0.6 is 23.2 Å². The van der Waals surface area contributed by atoms with Gasteiger partial charge in [0.05, 0.1) is 10.6 Å². The molecular formula is C12H15Cl2NO. The number of unbranched alkanes of at least 4 members (excludes halogenated alkanes) is 1. The highest BCUT2D eigenvalue weighted by Gasteiger charge is 2.08. The van der Waals surface area contributed by atoms with Crippen molar-refractivity contribution in [3.05, 3.63) is 34.3 Å². The normalized spacial score (nSPS) is 10.2. The fourth-order valence-electron chi connectivity index (χ4n) is 1.32. The van der Waals surface area contributed by atoms with Gasteiger partial charge in [0.15, 0.2) is 0 Å². The van der Waals surface area contributed by atoms with E-state index in [1.165, 1.54) is 0 Å². The molecule has 1 rings (SSSR count). The number of hydrogen-bond donors (Lipinski definition) is 1. The van der Waals surface area contributed by atoms with Crippen LogP contribution in [0.1, 0.15) is 28.8 Å². The van der Waals surface area contributed by atoms with Gasteiger partial charge in [-0.3, -0.25) is 4.79 Å². The minimum Gasteiger partial charge on any atom is -0.352 e. The summed E-state index contributed by atoms with van der Waals surface area (Å²) in [5, 5.41) is 3.31. The molecule has 1 N–H and O–H groups in total. The zero-order valence-corrected chi connectivity index (χ0v) is 10.7. The highest BCUT2D eigenvalue weighted by molar-refractivity contribution is 6.33. The molecule has 0 aromatic heterocycles. The summed E-state index contributed by atoms with van der Waals surface area (Å²) in [5.74, 6) is 0.501. The van der Waals surface area contributed by atoms with Gasteiger partial charge in [0.2, 0.25) is 0 Å². The molecule has 1 aromatic carbocycles. The zero-order chi connectivity index (χ0) is 12.0. The minimum absolute atomic E-state index is 0.125. The molecule has 2 nitrogen and oxygen atoms in total. The van der Waals surface area contributed by atoms with Crippen molar-refractivity contribution in [1.29, 1.82) is 0 Å². The summed E-state index contributed by atoms with van der Waals surface area (Å²) in [5.41, 5.74) is 1.57. The maximum absolute atomic E-state index is 11.7. The molecule has 4 heteroatoms. The van der Waals surface area contributed by atoms with Gasteiger partial charge in [-0.2, -0.15) is 0 Å². The van der Waals surface area contributed by atoms with Gasteiger partial charge in [0, 0.05) is 12.4 Å². The first-order valence-corrected chi connectivity index (χ1v) is 6.16. The molecule has 0 bridgehead atoms. The number of benzene rings is 1. The second-order valence-corrected chi connectivity index (χ2v) is 4.42. The number of rotatable bonds is 5. The van der Waals surface area contributed by atoms with Crippen LogP contribution in [0.4, 0.5) is 0 Å². The van der Waals surface area contributed by atoms with Crippen LogP contribution in [0.3, 0.4) is 0 Å². The quantitative estimate of drug-likeness (QED) is 0.638. The molecule has 1 aromatic rings. The van der Waals surface area contributed by atoms with Crippen molar-refractivity contribution in [3.63, 3.8) is 0 Å². The zero-order valence-electron chi connectivity index (χ0n) is 9.22. The molecule has 0 spiro atoms. The fourth-order valence-corrected chi connectivity index (χ4v) is 1.83. The van der Waals surface area contributed by atoms with E-state index in [0.29, 0.717) is 23.0 Å². The molecular weight excluding hydrogens is 245 g/mol. The maximum Gasteiger partial charge on any atom is 0.252 e.